The van der Waals surface area contributed by atoms with Gasteiger partial charge < -0.3 is 14.7 Å². The summed E-state index contributed by atoms with van der Waals surface area (Å²) in [5.41, 5.74) is 1.10. The van der Waals surface area contributed by atoms with Crippen LogP contribution in [0.4, 0.5) is 0 Å². The van der Waals surface area contributed by atoms with Crippen LogP contribution in [0.15, 0.2) is 77.8 Å². The van der Waals surface area contributed by atoms with Crippen molar-refractivity contribution in [3.05, 3.63) is 94.5 Å². The molecule has 1 aliphatic carbocycles. The van der Waals surface area contributed by atoms with Gasteiger partial charge >= 0.3 is 0 Å². The predicted octanol–water partition coefficient (Wildman–Crippen LogP) is 3.36. The van der Waals surface area contributed by atoms with Gasteiger partial charge in [0.2, 0.25) is 5.43 Å². The van der Waals surface area contributed by atoms with Crippen LogP contribution in [0.1, 0.15) is 35.4 Å². The van der Waals surface area contributed by atoms with Crippen LogP contribution < -0.4 is 15.2 Å². The van der Waals surface area contributed by atoms with Gasteiger partial charge in [0, 0.05) is 24.4 Å². The first-order valence-corrected chi connectivity index (χ1v) is 11.2. The van der Waals surface area contributed by atoms with Crippen molar-refractivity contribution in [2.75, 3.05) is 24.8 Å². The summed E-state index contributed by atoms with van der Waals surface area (Å²) >= 11 is 0. The molecule has 1 fully saturated rings. The molecule has 7 heteroatoms. The molecule has 3 heterocycles. The number of nitrogens with zero attached hydrogens (tertiary/aromatic N) is 3. The monoisotopic (exact) mass is 445 g/mol. The molecule has 3 atom stereocenters. The van der Waals surface area contributed by atoms with Gasteiger partial charge in [-0.1, -0.05) is 49.1 Å². The maximum absolute atomic E-state index is 13.3. The molecule has 3 aliphatic rings. The molecule has 170 valence electrons. The van der Waals surface area contributed by atoms with Gasteiger partial charge in [-0.05, 0) is 36.8 Å². The molecule has 7 nitrogen and oxygen atoms in total. The molecule has 1 amide bonds. The van der Waals surface area contributed by atoms with E-state index < -0.39 is 17.2 Å². The van der Waals surface area contributed by atoms with Crippen molar-refractivity contribution in [3.8, 4) is 11.5 Å². The summed E-state index contributed by atoms with van der Waals surface area (Å²) in [6.07, 6.45) is 10.2. The van der Waals surface area contributed by atoms with Crippen LogP contribution in [-0.4, -0.2) is 40.4 Å². The maximum Gasteiger partial charge on any atom is 0.277 e. The zero-order valence-electron chi connectivity index (χ0n) is 18.6. The second-order valence-electron chi connectivity index (χ2n) is 8.80. The Morgan fingerprint density at radius 2 is 2.00 bits per heavy atom. The third-order valence-electron chi connectivity index (χ3n) is 6.59. The van der Waals surface area contributed by atoms with Gasteiger partial charge in [-0.2, -0.15) is 0 Å². The first-order valence-electron chi connectivity index (χ1n) is 11.2. The normalized spacial score (nSPS) is 24.0. The number of carbonyl (C=O) groups is 1. The molecule has 1 aromatic heterocycles. The summed E-state index contributed by atoms with van der Waals surface area (Å²) < 4.78 is 7.86. The van der Waals surface area contributed by atoms with Crippen molar-refractivity contribution in [1.82, 2.24) is 9.58 Å². The number of ether oxygens (including phenoxy) is 1. The van der Waals surface area contributed by atoms with E-state index >= 15 is 0 Å². The van der Waals surface area contributed by atoms with E-state index in [0.29, 0.717) is 31.7 Å². The number of allylic oxidation sites excluding steroid dienone is 3. The number of rotatable bonds is 3. The molecule has 2 bridgehead atoms. The second kappa shape index (κ2) is 8.31. The molecule has 33 heavy (non-hydrogen) atoms. The fourth-order valence-corrected chi connectivity index (χ4v) is 4.72. The van der Waals surface area contributed by atoms with Crippen molar-refractivity contribution >= 4 is 5.91 Å². The number of fused-ring (bicyclic) bond motifs is 6. The zero-order chi connectivity index (χ0) is 23.1. The number of pyridine rings is 1. The topological polar surface area (TPSA) is 75.0 Å². The van der Waals surface area contributed by atoms with E-state index in [0.717, 1.165) is 23.3 Å². The summed E-state index contributed by atoms with van der Waals surface area (Å²) in [7, 11) is 0. The summed E-state index contributed by atoms with van der Waals surface area (Å²) in [5.74, 6) is 0.613. The molecule has 2 aliphatic heterocycles. The first kappa shape index (κ1) is 21.1. The van der Waals surface area contributed by atoms with E-state index in [1.54, 1.807) is 15.8 Å². The lowest BCUT2D eigenvalue weighted by Gasteiger charge is -2.44. The summed E-state index contributed by atoms with van der Waals surface area (Å²) in [6, 6.07) is 8.74. The Kier molecular flexibility index (Phi) is 5.32. The Labute approximate surface area is 192 Å². The molecular formula is C26H27N3O4. The highest BCUT2D eigenvalue weighted by Gasteiger charge is 2.44. The Morgan fingerprint density at radius 1 is 1.18 bits per heavy atom. The quantitative estimate of drug-likeness (QED) is 0.734. The van der Waals surface area contributed by atoms with Crippen molar-refractivity contribution in [3.63, 3.8) is 0 Å². The lowest BCUT2D eigenvalue weighted by molar-refractivity contribution is 0.0667. The van der Waals surface area contributed by atoms with E-state index in [9.17, 15) is 14.7 Å². The Hall–Kier alpha value is -3.74. The Bertz CT molecular complexity index is 1230. The summed E-state index contributed by atoms with van der Waals surface area (Å²) in [5, 5.41) is 12.6. The van der Waals surface area contributed by atoms with E-state index in [-0.39, 0.29) is 11.6 Å². The molecule has 2 aromatic rings. The average Bonchev–Trinajstić information content (AvgIpc) is 3.55. The largest absolute Gasteiger partial charge is 0.502 e. The fraction of sp³-hybridized carbons (Fsp3) is 0.308. The van der Waals surface area contributed by atoms with Gasteiger partial charge in [-0.25, -0.2) is 0 Å². The predicted molar refractivity (Wildman–Crippen MR) is 126 cm³/mol. The van der Waals surface area contributed by atoms with Gasteiger partial charge in [-0.3, -0.25) is 19.3 Å². The number of hydrogen-bond acceptors (Lipinski definition) is 5. The number of hydrogen-bond donors (Lipinski definition) is 1. The first-order chi connectivity index (χ1) is 16.0. The standard InChI is InChI=1S/C26H27N3O4/c1-3-4-5-8-17(2)23-20-9-6-7-10-22(20)33-15-19-13-18(19)14-27-16-29(23)28-12-11-21(30)25(31)24(28)26(27)32/h3-12,18-19,23,31H,2,13-16H2,1H3/b4-3-,8-5-/t18-,19-,23-/m1/s1. The fourth-order valence-electron chi connectivity index (χ4n) is 4.72. The number of para-hydroxylation sites is 1. The van der Waals surface area contributed by atoms with E-state index in [1.807, 2.05) is 60.5 Å². The molecule has 1 saturated carbocycles. The average molecular weight is 446 g/mol. The Morgan fingerprint density at radius 3 is 2.82 bits per heavy atom. The van der Waals surface area contributed by atoms with Crippen molar-refractivity contribution in [2.24, 2.45) is 11.8 Å². The van der Waals surface area contributed by atoms with Crippen LogP contribution >= 0.6 is 0 Å². The third-order valence-corrected chi connectivity index (χ3v) is 6.59. The van der Waals surface area contributed by atoms with Gasteiger partial charge in [-0.15, -0.1) is 0 Å². The molecule has 0 radical (unpaired) electrons. The molecule has 0 spiro atoms. The number of carbonyl (C=O) groups excluding carboxylic acids is 1. The molecular weight excluding hydrogens is 418 g/mol. The SMILES string of the molecule is C=C(/C=C\C=C/C)[C@@H]1c2ccccc2OC[C@H]2C[C@@H]2CN2CN1n1ccc(=O)c(O)c1C2=O. The van der Waals surface area contributed by atoms with Crippen LogP contribution in [0, 0.1) is 11.8 Å². The molecule has 0 unspecified atom stereocenters. The third kappa shape index (κ3) is 3.73. The van der Waals surface area contributed by atoms with E-state index in [4.69, 9.17) is 4.74 Å². The van der Waals surface area contributed by atoms with Gasteiger partial charge in [0.05, 0.1) is 6.61 Å². The lowest BCUT2D eigenvalue weighted by atomic mass is 9.97. The van der Waals surface area contributed by atoms with Crippen molar-refractivity contribution in [1.29, 1.82) is 0 Å². The highest BCUT2D eigenvalue weighted by Crippen LogP contribution is 2.43. The van der Waals surface area contributed by atoms with Crippen LogP contribution in [0.2, 0.25) is 0 Å². The molecule has 1 N–H and O–H groups in total. The minimum Gasteiger partial charge on any atom is -0.502 e. The molecule has 0 saturated heterocycles. The summed E-state index contributed by atoms with van der Waals surface area (Å²) in [6.45, 7) is 7.73. The highest BCUT2D eigenvalue weighted by atomic mass is 16.5. The van der Waals surface area contributed by atoms with E-state index in [2.05, 4.69) is 6.58 Å². The molecule has 5 rings (SSSR count). The smallest absolute Gasteiger partial charge is 0.277 e. The van der Waals surface area contributed by atoms with Crippen molar-refractivity contribution in [2.45, 2.75) is 19.4 Å². The second-order valence-corrected chi connectivity index (χ2v) is 8.80. The van der Waals surface area contributed by atoms with E-state index in [1.165, 1.54) is 6.07 Å². The number of benzene rings is 1. The summed E-state index contributed by atoms with van der Waals surface area (Å²) in [4.78, 5) is 27.3. The van der Waals surface area contributed by atoms with Gasteiger partial charge in [0.25, 0.3) is 5.91 Å². The van der Waals surface area contributed by atoms with Crippen LogP contribution in [0.25, 0.3) is 0 Å². The number of amides is 1. The number of aromatic nitrogens is 1. The minimum atomic E-state index is -0.572. The van der Waals surface area contributed by atoms with Crippen LogP contribution in [-0.2, 0) is 0 Å². The van der Waals surface area contributed by atoms with Gasteiger partial charge in [0.1, 0.15) is 18.5 Å². The minimum absolute atomic E-state index is 0.0150. The number of aromatic hydroxyl groups is 1. The highest BCUT2D eigenvalue weighted by molar-refractivity contribution is 5.96. The zero-order valence-corrected chi connectivity index (χ0v) is 18.6. The van der Waals surface area contributed by atoms with Crippen molar-refractivity contribution < 1.29 is 14.6 Å². The molecule has 1 aromatic carbocycles. The van der Waals surface area contributed by atoms with Crippen LogP contribution in [0.3, 0.4) is 0 Å². The van der Waals surface area contributed by atoms with Crippen LogP contribution in [0.5, 0.6) is 11.5 Å². The van der Waals surface area contributed by atoms with Gasteiger partial charge in [0.15, 0.2) is 11.4 Å². The maximum atomic E-state index is 13.3. The Balaban J connectivity index is 1.72. The lowest BCUT2D eigenvalue weighted by Crippen LogP contribution is -2.56.